The van der Waals surface area contributed by atoms with E-state index in [2.05, 4.69) is 45.6 Å². The summed E-state index contributed by atoms with van der Waals surface area (Å²) >= 11 is 0. The number of hydrogen-bond donors (Lipinski definition) is 1. The molecule has 4 unspecified atom stereocenters. The number of pyridine rings is 1. The summed E-state index contributed by atoms with van der Waals surface area (Å²) in [5.74, 6) is 0. The van der Waals surface area contributed by atoms with E-state index in [9.17, 15) is 0 Å². The molecule has 2 saturated heterocycles. The summed E-state index contributed by atoms with van der Waals surface area (Å²) in [7, 11) is 2.00. The van der Waals surface area contributed by atoms with Crippen molar-refractivity contribution in [3.05, 3.63) is 48.0 Å². The van der Waals surface area contributed by atoms with Gasteiger partial charge in [-0.2, -0.15) is 5.10 Å². The summed E-state index contributed by atoms with van der Waals surface area (Å²) in [6.45, 7) is 3.56. The standard InChI is InChI=1S/C21H31N5/c1-16-11-20(13-21(24-16)17-14-23-25(2)15-17)26-10-6-4-8-19(26)12-18-7-3-5-9-22-18/h3,5,7,9,14-16,19-21,24H,4,6,8,10-13H2,1-2H3. The van der Waals surface area contributed by atoms with Crippen LogP contribution in [0.15, 0.2) is 36.8 Å². The third-order valence-corrected chi connectivity index (χ3v) is 6.06. The molecule has 2 aromatic rings. The monoisotopic (exact) mass is 353 g/mol. The predicted octanol–water partition coefficient (Wildman–Crippen LogP) is 3.09. The number of aryl methyl sites for hydroxylation is 1. The van der Waals surface area contributed by atoms with Gasteiger partial charge in [0, 0.05) is 61.3 Å². The van der Waals surface area contributed by atoms with Crippen LogP contribution in [0.25, 0.3) is 0 Å². The van der Waals surface area contributed by atoms with Gasteiger partial charge in [-0.3, -0.25) is 14.6 Å². The SMILES string of the molecule is CC1CC(N2CCCCC2Cc2ccccn2)CC(c2cnn(C)c2)N1. The second kappa shape index (κ2) is 7.89. The zero-order valence-corrected chi connectivity index (χ0v) is 16.0. The molecule has 4 heterocycles. The number of nitrogens with zero attached hydrogens (tertiary/aromatic N) is 4. The lowest BCUT2D eigenvalue weighted by Crippen LogP contribution is -2.53. The second-order valence-electron chi connectivity index (χ2n) is 8.11. The molecule has 2 aromatic heterocycles. The Balaban J connectivity index is 1.49. The summed E-state index contributed by atoms with van der Waals surface area (Å²) in [6, 6.07) is 8.52. The quantitative estimate of drug-likeness (QED) is 0.917. The van der Waals surface area contributed by atoms with Crippen molar-refractivity contribution in [3.8, 4) is 0 Å². The molecule has 0 saturated carbocycles. The van der Waals surface area contributed by atoms with Gasteiger partial charge in [0.15, 0.2) is 0 Å². The van der Waals surface area contributed by atoms with Crippen molar-refractivity contribution in [3.63, 3.8) is 0 Å². The van der Waals surface area contributed by atoms with E-state index in [4.69, 9.17) is 0 Å². The van der Waals surface area contributed by atoms with Crippen LogP contribution in [0.5, 0.6) is 0 Å². The molecule has 2 aliphatic heterocycles. The Bertz CT molecular complexity index is 697. The van der Waals surface area contributed by atoms with Gasteiger partial charge in [0.05, 0.1) is 6.20 Å². The van der Waals surface area contributed by atoms with E-state index < -0.39 is 0 Å². The van der Waals surface area contributed by atoms with Crippen LogP contribution in [-0.4, -0.2) is 44.3 Å². The van der Waals surface area contributed by atoms with Gasteiger partial charge in [0.2, 0.25) is 0 Å². The molecule has 4 atom stereocenters. The second-order valence-corrected chi connectivity index (χ2v) is 8.11. The van der Waals surface area contributed by atoms with Crippen LogP contribution in [0.4, 0.5) is 0 Å². The molecule has 0 radical (unpaired) electrons. The lowest BCUT2D eigenvalue weighted by molar-refractivity contribution is 0.0561. The van der Waals surface area contributed by atoms with Crippen LogP contribution in [0.3, 0.4) is 0 Å². The van der Waals surface area contributed by atoms with E-state index in [1.807, 2.05) is 30.2 Å². The summed E-state index contributed by atoms with van der Waals surface area (Å²) < 4.78 is 1.91. The molecule has 1 N–H and O–H groups in total. The van der Waals surface area contributed by atoms with Crippen molar-refractivity contribution >= 4 is 0 Å². The van der Waals surface area contributed by atoms with Gasteiger partial charge in [-0.05, 0) is 51.3 Å². The highest BCUT2D eigenvalue weighted by molar-refractivity contribution is 5.13. The number of hydrogen-bond acceptors (Lipinski definition) is 4. The minimum Gasteiger partial charge on any atom is -0.307 e. The molecule has 0 aliphatic carbocycles. The van der Waals surface area contributed by atoms with E-state index in [0.717, 1.165) is 6.42 Å². The van der Waals surface area contributed by atoms with Gasteiger partial charge in [-0.25, -0.2) is 0 Å². The minimum absolute atomic E-state index is 0.412. The first kappa shape index (κ1) is 17.7. The van der Waals surface area contributed by atoms with Crippen molar-refractivity contribution in [2.75, 3.05) is 6.54 Å². The van der Waals surface area contributed by atoms with Crippen molar-refractivity contribution in [1.82, 2.24) is 25.0 Å². The first-order valence-corrected chi connectivity index (χ1v) is 10.1. The summed E-state index contributed by atoms with van der Waals surface area (Å²) in [5, 5.41) is 8.17. The average molecular weight is 354 g/mol. The molecule has 0 spiro atoms. The first-order chi connectivity index (χ1) is 12.7. The summed E-state index contributed by atoms with van der Waals surface area (Å²) in [6.07, 6.45) is 13.6. The first-order valence-electron chi connectivity index (χ1n) is 10.1. The van der Waals surface area contributed by atoms with Crippen LogP contribution in [-0.2, 0) is 13.5 Å². The Hall–Kier alpha value is -1.72. The molecular weight excluding hydrogens is 322 g/mol. The molecule has 5 nitrogen and oxygen atoms in total. The highest BCUT2D eigenvalue weighted by Gasteiger charge is 2.35. The predicted molar refractivity (Wildman–Crippen MR) is 104 cm³/mol. The van der Waals surface area contributed by atoms with E-state index in [1.54, 1.807) is 0 Å². The highest BCUT2D eigenvalue weighted by atomic mass is 15.2. The zero-order chi connectivity index (χ0) is 17.9. The summed E-state index contributed by atoms with van der Waals surface area (Å²) in [4.78, 5) is 7.39. The van der Waals surface area contributed by atoms with E-state index in [1.165, 1.54) is 49.9 Å². The number of piperidine rings is 2. The van der Waals surface area contributed by atoms with Crippen LogP contribution in [0.2, 0.25) is 0 Å². The average Bonchev–Trinajstić information content (AvgIpc) is 3.09. The molecular formula is C21H31N5. The fourth-order valence-electron chi connectivity index (χ4n) is 4.86. The molecule has 2 fully saturated rings. The molecule has 0 bridgehead atoms. The summed E-state index contributed by atoms with van der Waals surface area (Å²) in [5.41, 5.74) is 2.55. The molecule has 0 aromatic carbocycles. The van der Waals surface area contributed by atoms with Crippen LogP contribution in [0, 0.1) is 0 Å². The molecule has 140 valence electrons. The number of nitrogens with one attached hydrogen (secondary N) is 1. The fourth-order valence-corrected chi connectivity index (χ4v) is 4.86. The Morgan fingerprint density at radius 1 is 1.23 bits per heavy atom. The minimum atomic E-state index is 0.412. The normalized spacial score (nSPS) is 30.4. The van der Waals surface area contributed by atoms with E-state index in [-0.39, 0.29) is 0 Å². The Labute approximate surface area is 156 Å². The third kappa shape index (κ3) is 3.99. The number of rotatable bonds is 4. The smallest absolute Gasteiger partial charge is 0.0537 e. The van der Waals surface area contributed by atoms with Gasteiger partial charge in [0.1, 0.15) is 0 Å². The van der Waals surface area contributed by atoms with Crippen molar-refractivity contribution < 1.29 is 0 Å². The lowest BCUT2D eigenvalue weighted by atomic mass is 9.87. The van der Waals surface area contributed by atoms with Gasteiger partial charge in [-0.15, -0.1) is 0 Å². The molecule has 2 aliphatic rings. The van der Waals surface area contributed by atoms with Crippen LogP contribution in [0.1, 0.15) is 56.3 Å². The Kier molecular flexibility index (Phi) is 5.36. The maximum atomic E-state index is 4.58. The largest absolute Gasteiger partial charge is 0.307 e. The van der Waals surface area contributed by atoms with Gasteiger partial charge < -0.3 is 5.32 Å². The van der Waals surface area contributed by atoms with Crippen molar-refractivity contribution in [2.45, 2.75) is 69.6 Å². The molecule has 26 heavy (non-hydrogen) atoms. The maximum Gasteiger partial charge on any atom is 0.0537 e. The molecule has 4 rings (SSSR count). The highest BCUT2D eigenvalue weighted by Crippen LogP contribution is 2.33. The van der Waals surface area contributed by atoms with E-state index in [0.29, 0.717) is 24.2 Å². The van der Waals surface area contributed by atoms with Crippen molar-refractivity contribution in [2.24, 2.45) is 7.05 Å². The maximum absolute atomic E-state index is 4.58. The zero-order valence-electron chi connectivity index (χ0n) is 16.0. The van der Waals surface area contributed by atoms with Gasteiger partial charge in [0.25, 0.3) is 0 Å². The lowest BCUT2D eigenvalue weighted by Gasteiger charge is -2.46. The fraction of sp³-hybridized carbons (Fsp3) is 0.619. The van der Waals surface area contributed by atoms with Crippen LogP contribution < -0.4 is 5.32 Å². The Morgan fingerprint density at radius 2 is 2.15 bits per heavy atom. The van der Waals surface area contributed by atoms with E-state index >= 15 is 0 Å². The topological polar surface area (TPSA) is 46.0 Å². The third-order valence-electron chi connectivity index (χ3n) is 6.06. The number of aromatic nitrogens is 3. The van der Waals surface area contributed by atoms with Crippen molar-refractivity contribution in [1.29, 1.82) is 0 Å². The van der Waals surface area contributed by atoms with Crippen LogP contribution >= 0.6 is 0 Å². The molecule has 0 amide bonds. The van der Waals surface area contributed by atoms with Gasteiger partial charge in [-0.1, -0.05) is 12.5 Å². The molecule has 5 heteroatoms. The number of likely N-dealkylation sites (tertiary alicyclic amines) is 1. The Morgan fingerprint density at radius 3 is 2.92 bits per heavy atom. The van der Waals surface area contributed by atoms with Gasteiger partial charge >= 0.3 is 0 Å².